The molecule has 0 unspecified atom stereocenters. The van der Waals surface area contributed by atoms with Crippen molar-refractivity contribution in [2.75, 3.05) is 11.1 Å². The van der Waals surface area contributed by atoms with Gasteiger partial charge in [-0.1, -0.05) is 30.8 Å². The lowest BCUT2D eigenvalue weighted by molar-refractivity contribution is -0.113. The van der Waals surface area contributed by atoms with Crippen LogP contribution in [0.25, 0.3) is 11.4 Å². The summed E-state index contributed by atoms with van der Waals surface area (Å²) < 4.78 is 3.07. The van der Waals surface area contributed by atoms with Gasteiger partial charge in [-0.05, 0) is 53.3 Å². The van der Waals surface area contributed by atoms with Crippen molar-refractivity contribution in [3.8, 4) is 11.4 Å². The molecular weight excluding hydrogens is 461 g/mol. The van der Waals surface area contributed by atoms with Crippen LogP contribution < -0.4 is 5.32 Å². The highest BCUT2D eigenvalue weighted by Crippen LogP contribution is 2.24. The quantitative estimate of drug-likeness (QED) is 0.409. The Labute approximate surface area is 170 Å². The van der Waals surface area contributed by atoms with Crippen molar-refractivity contribution in [3.63, 3.8) is 0 Å². The van der Waals surface area contributed by atoms with Crippen molar-refractivity contribution in [1.82, 2.24) is 19.7 Å². The second kappa shape index (κ2) is 9.13. The highest BCUT2D eigenvalue weighted by Gasteiger charge is 2.15. The van der Waals surface area contributed by atoms with Gasteiger partial charge in [0.25, 0.3) is 0 Å². The molecule has 3 aromatic rings. The summed E-state index contributed by atoms with van der Waals surface area (Å²) in [7, 11) is 0. The third kappa shape index (κ3) is 4.61. The maximum Gasteiger partial charge on any atom is 0.234 e. The molecule has 0 aliphatic heterocycles. The standard InChI is InChI=1S/C18H18IN5OS/c1-2-11-24-17(13-7-9-20-10-8-13)22-23-18(24)26-12-16(25)21-15-6-4-3-5-14(15)19/h3-10H,2,11-12H2,1H3,(H,21,25). The van der Waals surface area contributed by atoms with Crippen molar-refractivity contribution >= 4 is 45.9 Å². The fourth-order valence-corrected chi connectivity index (χ4v) is 3.70. The molecule has 1 aromatic carbocycles. The van der Waals surface area contributed by atoms with Gasteiger partial charge < -0.3 is 9.88 Å². The number of carbonyl (C=O) groups is 1. The topological polar surface area (TPSA) is 72.7 Å². The van der Waals surface area contributed by atoms with Crippen molar-refractivity contribution in [1.29, 1.82) is 0 Å². The van der Waals surface area contributed by atoms with Gasteiger partial charge in [-0.3, -0.25) is 9.78 Å². The van der Waals surface area contributed by atoms with Crippen LogP contribution in [0.2, 0.25) is 0 Å². The van der Waals surface area contributed by atoms with Crippen LogP contribution in [-0.2, 0) is 11.3 Å². The summed E-state index contributed by atoms with van der Waals surface area (Å²) in [4.78, 5) is 16.3. The molecule has 2 aromatic heterocycles. The predicted octanol–water partition coefficient (Wildman–Crippen LogP) is 4.09. The highest BCUT2D eigenvalue weighted by atomic mass is 127. The van der Waals surface area contributed by atoms with Gasteiger partial charge in [0.15, 0.2) is 11.0 Å². The van der Waals surface area contributed by atoms with Gasteiger partial charge in [0, 0.05) is 28.1 Å². The zero-order valence-electron chi connectivity index (χ0n) is 14.2. The van der Waals surface area contributed by atoms with Gasteiger partial charge in [-0.15, -0.1) is 10.2 Å². The number of aromatic nitrogens is 4. The zero-order valence-corrected chi connectivity index (χ0v) is 17.2. The lowest BCUT2D eigenvalue weighted by Crippen LogP contribution is -2.15. The summed E-state index contributed by atoms with van der Waals surface area (Å²) in [6.45, 7) is 2.90. The number of halogens is 1. The third-order valence-corrected chi connectivity index (χ3v) is 5.49. The maximum atomic E-state index is 12.3. The number of rotatable bonds is 7. The van der Waals surface area contributed by atoms with Crippen LogP contribution in [0.3, 0.4) is 0 Å². The molecule has 134 valence electrons. The van der Waals surface area contributed by atoms with Crippen molar-refractivity contribution < 1.29 is 4.79 Å². The average molecular weight is 479 g/mol. The lowest BCUT2D eigenvalue weighted by Gasteiger charge is -2.09. The van der Waals surface area contributed by atoms with Crippen LogP contribution >= 0.6 is 34.4 Å². The molecule has 3 rings (SSSR count). The van der Waals surface area contributed by atoms with E-state index >= 15 is 0 Å². The Balaban J connectivity index is 1.71. The fourth-order valence-electron chi connectivity index (χ4n) is 2.41. The Hall–Kier alpha value is -1.94. The number of nitrogens with zero attached hydrogens (tertiary/aromatic N) is 4. The Morgan fingerprint density at radius 2 is 1.96 bits per heavy atom. The number of pyridine rings is 1. The van der Waals surface area contributed by atoms with Crippen molar-refractivity contribution in [2.45, 2.75) is 25.0 Å². The smallest absolute Gasteiger partial charge is 0.234 e. The maximum absolute atomic E-state index is 12.3. The molecule has 8 heteroatoms. The minimum atomic E-state index is -0.0596. The number of carbonyl (C=O) groups excluding carboxylic acids is 1. The van der Waals surface area contributed by atoms with Crippen molar-refractivity contribution in [3.05, 3.63) is 52.4 Å². The largest absolute Gasteiger partial charge is 0.324 e. The molecule has 0 atom stereocenters. The molecule has 1 N–H and O–H groups in total. The van der Waals surface area contributed by atoms with E-state index in [1.54, 1.807) is 12.4 Å². The van der Waals surface area contributed by atoms with E-state index < -0.39 is 0 Å². The molecule has 0 saturated carbocycles. The summed E-state index contributed by atoms with van der Waals surface area (Å²) in [6, 6.07) is 11.5. The molecular formula is C18H18IN5OS. The van der Waals surface area contributed by atoms with Crippen LogP contribution in [0.15, 0.2) is 53.9 Å². The number of nitrogens with one attached hydrogen (secondary N) is 1. The number of amides is 1. The summed E-state index contributed by atoms with van der Waals surface area (Å²) in [6.07, 6.45) is 4.43. The van der Waals surface area contributed by atoms with Crippen LogP contribution in [0, 0.1) is 3.57 Å². The number of anilines is 1. The molecule has 0 saturated heterocycles. The van der Waals surface area contributed by atoms with Crippen LogP contribution in [-0.4, -0.2) is 31.4 Å². The highest BCUT2D eigenvalue weighted by molar-refractivity contribution is 14.1. The Kier molecular flexibility index (Phi) is 6.62. The van der Waals surface area contributed by atoms with Gasteiger partial charge in [-0.25, -0.2) is 0 Å². The van der Waals surface area contributed by atoms with E-state index in [1.165, 1.54) is 11.8 Å². The molecule has 0 bridgehead atoms. The van der Waals surface area contributed by atoms with Gasteiger partial charge in [-0.2, -0.15) is 0 Å². The Morgan fingerprint density at radius 3 is 2.69 bits per heavy atom. The normalized spacial score (nSPS) is 10.7. The predicted molar refractivity (Wildman–Crippen MR) is 112 cm³/mol. The SMILES string of the molecule is CCCn1c(SCC(=O)Nc2ccccc2I)nnc1-c1ccncc1. The molecule has 6 nitrogen and oxygen atoms in total. The van der Waals surface area contributed by atoms with Gasteiger partial charge in [0.2, 0.25) is 5.91 Å². The van der Waals surface area contributed by atoms with Gasteiger partial charge >= 0.3 is 0 Å². The second-order valence-electron chi connectivity index (χ2n) is 5.51. The minimum Gasteiger partial charge on any atom is -0.324 e. The molecule has 26 heavy (non-hydrogen) atoms. The van der Waals surface area contributed by atoms with E-state index in [2.05, 4.69) is 54.6 Å². The summed E-state index contributed by atoms with van der Waals surface area (Å²) in [5.74, 6) is 1.02. The zero-order chi connectivity index (χ0) is 18.4. The van der Waals surface area contributed by atoms with Crippen molar-refractivity contribution in [2.24, 2.45) is 0 Å². The molecule has 0 aliphatic carbocycles. The molecule has 0 radical (unpaired) electrons. The first-order chi connectivity index (χ1) is 12.7. The minimum absolute atomic E-state index is 0.0596. The molecule has 0 fully saturated rings. The van der Waals surface area contributed by atoms with E-state index in [-0.39, 0.29) is 11.7 Å². The fraction of sp³-hybridized carbons (Fsp3) is 0.222. The van der Waals surface area contributed by atoms with E-state index in [0.717, 1.165) is 38.8 Å². The Morgan fingerprint density at radius 1 is 1.19 bits per heavy atom. The van der Waals surface area contributed by atoms with Crippen LogP contribution in [0.1, 0.15) is 13.3 Å². The van der Waals surface area contributed by atoms with Gasteiger partial charge in [0.05, 0.1) is 11.4 Å². The van der Waals surface area contributed by atoms with E-state index in [4.69, 9.17) is 0 Å². The summed E-state index contributed by atoms with van der Waals surface area (Å²) in [5.41, 5.74) is 1.79. The first kappa shape index (κ1) is 18.8. The average Bonchev–Trinajstić information content (AvgIpc) is 3.06. The number of hydrogen-bond acceptors (Lipinski definition) is 5. The Bertz CT molecular complexity index is 884. The number of hydrogen-bond donors (Lipinski definition) is 1. The van der Waals surface area contributed by atoms with E-state index in [9.17, 15) is 4.79 Å². The number of para-hydroxylation sites is 1. The lowest BCUT2D eigenvalue weighted by atomic mass is 10.2. The number of thioether (sulfide) groups is 1. The second-order valence-corrected chi connectivity index (χ2v) is 7.62. The summed E-state index contributed by atoms with van der Waals surface area (Å²) >= 11 is 3.60. The van der Waals surface area contributed by atoms with Crippen LogP contribution in [0.4, 0.5) is 5.69 Å². The third-order valence-electron chi connectivity index (χ3n) is 3.58. The van der Waals surface area contributed by atoms with Gasteiger partial charge in [0.1, 0.15) is 0 Å². The van der Waals surface area contributed by atoms with Crippen LogP contribution in [0.5, 0.6) is 0 Å². The molecule has 0 spiro atoms. The first-order valence-electron chi connectivity index (χ1n) is 8.19. The molecule has 2 heterocycles. The first-order valence-corrected chi connectivity index (χ1v) is 10.3. The number of benzene rings is 1. The van der Waals surface area contributed by atoms with E-state index in [0.29, 0.717) is 0 Å². The molecule has 0 aliphatic rings. The molecule has 1 amide bonds. The summed E-state index contributed by atoms with van der Waals surface area (Å²) in [5, 5.41) is 12.3. The monoisotopic (exact) mass is 479 g/mol. The van der Waals surface area contributed by atoms with E-state index in [1.807, 2.05) is 36.4 Å².